The van der Waals surface area contributed by atoms with Crippen LogP contribution in [0.15, 0.2) is 0 Å². The molecule has 0 heterocycles. The molecule has 0 aromatic carbocycles. The number of halogens is 31. The van der Waals surface area contributed by atoms with Gasteiger partial charge in [-0.05, 0) is 0 Å². The fourth-order valence-electron chi connectivity index (χ4n) is 2.53. The van der Waals surface area contributed by atoms with Crippen LogP contribution in [0.5, 0.6) is 0 Å². The van der Waals surface area contributed by atoms with Gasteiger partial charge in [-0.2, -0.15) is 5.11 Å². The molecular weight excluding hydrogens is 1300 g/mol. The van der Waals surface area contributed by atoms with Crippen LogP contribution in [0.4, 0.5) is 0 Å². The van der Waals surface area contributed by atoms with Gasteiger partial charge in [0.2, 0.25) is 12.5 Å². The third-order valence-corrected chi connectivity index (χ3v) is 27.2. The van der Waals surface area contributed by atoms with E-state index in [-0.39, 0.29) is 0 Å². The summed E-state index contributed by atoms with van der Waals surface area (Å²) in [6.45, 7) is 0. The molecule has 0 atom stereocenters. The third kappa shape index (κ3) is 8.46. The molecule has 0 saturated carbocycles. The van der Waals surface area contributed by atoms with E-state index in [1.807, 2.05) is 0 Å². The molecule has 1 radical (unpaired) electrons. The van der Waals surface area contributed by atoms with E-state index in [9.17, 15) is 5.11 Å². The van der Waals surface area contributed by atoms with Gasteiger partial charge in [0.25, 0.3) is 4.52 Å². The molecule has 0 unspecified atom stereocenters. The SMILES string of the molecule is [O]C(Cl)(Cl)C(Cl)(Cl)C(Cl)(Cl)C(Cl)(Cl)C(Cl)(Cl)C(Cl)(Cl)C(Cl)(Cl)C(Cl)(Cl)C(Cl)(Cl)C(Cl)(Cl)C(Cl)(Cl)C(Cl)(Cl)C(Cl)(Cl)C(Cl)(Cl)C(Cl)(Cl)Cl. The maximum absolute atomic E-state index is 12.3. The zero-order chi connectivity index (χ0) is 39.5. The van der Waals surface area contributed by atoms with Crippen LogP contribution in [0.1, 0.15) is 0 Å². The van der Waals surface area contributed by atoms with Crippen molar-refractivity contribution in [1.29, 1.82) is 0 Å². The van der Waals surface area contributed by atoms with Crippen molar-refractivity contribution in [3.63, 3.8) is 0 Å². The molecule has 0 rings (SSSR count). The summed E-state index contributed by atoms with van der Waals surface area (Å²) in [5.74, 6) is 0. The van der Waals surface area contributed by atoms with Gasteiger partial charge in [-0.25, -0.2) is 0 Å². The summed E-state index contributed by atoms with van der Waals surface area (Å²) in [6, 6.07) is 0. The lowest BCUT2D eigenvalue weighted by molar-refractivity contribution is 0.0980. The van der Waals surface area contributed by atoms with Crippen molar-refractivity contribution in [1.82, 2.24) is 0 Å². The van der Waals surface area contributed by atoms with Gasteiger partial charge in [0.15, 0.2) is 47.7 Å². The van der Waals surface area contributed by atoms with E-state index in [1.54, 1.807) is 0 Å². The molecular formula is C15Cl31O. The quantitative estimate of drug-likeness (QED) is 0.164. The standard InChI is InChI=1S/C15Cl31O/c16-1(17,2(18,19)4(22,23)6(26,27)8(30,31)10(34,35)12(38,39)14(42,43)44)3(20,21)5(24,25)7(28,29)9(32,33)11(36,37)13(40,41)15(45,46)47. The minimum absolute atomic E-state index is 2.83. The van der Waals surface area contributed by atoms with Crippen molar-refractivity contribution in [2.75, 3.05) is 0 Å². The Bertz CT molecular complexity index is 1060. The maximum Gasteiger partial charge on any atom is 0.286 e. The van der Waals surface area contributed by atoms with Gasteiger partial charge in [0, 0.05) is 0 Å². The van der Waals surface area contributed by atoms with E-state index >= 15 is 0 Å². The first-order valence-corrected chi connectivity index (χ1v) is 21.3. The highest BCUT2D eigenvalue weighted by Gasteiger charge is 2.87. The van der Waals surface area contributed by atoms with Crippen LogP contribution in [-0.2, 0) is 5.11 Å². The molecule has 0 fully saturated rings. The Morgan fingerprint density at radius 2 is 0.277 bits per heavy atom. The second-order valence-corrected chi connectivity index (χ2v) is 29.3. The van der Waals surface area contributed by atoms with Gasteiger partial charge in [0.05, 0.1) is 0 Å². The molecule has 0 amide bonds. The lowest BCUT2D eigenvalue weighted by Gasteiger charge is -2.58. The highest BCUT2D eigenvalue weighted by Crippen LogP contribution is 2.77. The van der Waals surface area contributed by atoms with E-state index < -0.39 is 64.6 Å². The van der Waals surface area contributed by atoms with Gasteiger partial charge >= 0.3 is 0 Å². The van der Waals surface area contributed by atoms with Crippen LogP contribution < -0.4 is 0 Å². The third-order valence-electron chi connectivity index (χ3n) is 5.45. The average Bonchev–Trinajstić information content (AvgIpc) is 2.80. The van der Waals surface area contributed by atoms with Crippen LogP contribution in [0, 0.1) is 0 Å². The monoisotopic (exact) mass is 1280 g/mol. The van der Waals surface area contributed by atoms with Crippen molar-refractivity contribution in [3.8, 4) is 0 Å². The fraction of sp³-hybridized carbons (Fsp3) is 1.00. The molecule has 0 spiro atoms. The van der Waals surface area contributed by atoms with Crippen LogP contribution in [-0.4, -0.2) is 64.6 Å². The second kappa shape index (κ2) is 16.3. The molecule has 0 aliphatic rings. The molecule has 0 N–H and O–H groups in total. The van der Waals surface area contributed by atoms with Crippen LogP contribution in [0.25, 0.3) is 0 Å². The minimum Gasteiger partial charge on any atom is -0.190 e. The minimum atomic E-state index is -3.60. The maximum atomic E-state index is 12.3. The average molecular weight is 1300 g/mol. The predicted molar refractivity (Wildman–Crippen MR) is 223 cm³/mol. The molecule has 47 heavy (non-hydrogen) atoms. The highest BCUT2D eigenvalue weighted by atomic mass is 35.6. The summed E-state index contributed by atoms with van der Waals surface area (Å²) in [6.07, 6.45) is 0. The van der Waals surface area contributed by atoms with E-state index in [0.717, 1.165) is 0 Å². The molecule has 32 heteroatoms. The molecule has 0 aromatic rings. The van der Waals surface area contributed by atoms with E-state index in [1.165, 1.54) is 0 Å². The van der Waals surface area contributed by atoms with Gasteiger partial charge in [-0.1, -0.05) is 360 Å². The van der Waals surface area contributed by atoms with Gasteiger partial charge in [0.1, 0.15) is 0 Å². The molecule has 283 valence electrons. The Morgan fingerprint density at radius 1 is 0.170 bits per heavy atom. The van der Waals surface area contributed by atoms with Crippen molar-refractivity contribution in [2.45, 2.75) is 64.6 Å². The smallest absolute Gasteiger partial charge is 0.190 e. The van der Waals surface area contributed by atoms with E-state index in [2.05, 4.69) is 0 Å². The second-order valence-electron chi connectivity index (χ2n) is 8.48. The van der Waals surface area contributed by atoms with Crippen molar-refractivity contribution < 1.29 is 5.11 Å². The summed E-state index contributed by atoms with van der Waals surface area (Å²) in [5, 5.41) is 12.3. The number of alkyl halides is 31. The van der Waals surface area contributed by atoms with E-state index in [0.29, 0.717) is 0 Å². The van der Waals surface area contributed by atoms with Gasteiger partial charge in [-0.3, -0.25) is 0 Å². The Kier molecular flexibility index (Phi) is 19.4. The zero-order valence-electron chi connectivity index (χ0n) is 19.6. The van der Waals surface area contributed by atoms with Crippen LogP contribution in [0.3, 0.4) is 0 Å². The van der Waals surface area contributed by atoms with E-state index in [4.69, 9.17) is 360 Å². The van der Waals surface area contributed by atoms with Gasteiger partial charge in [-0.15, -0.1) is 0 Å². The fourth-order valence-corrected chi connectivity index (χ4v) is 12.6. The molecule has 0 bridgehead atoms. The Balaban J connectivity index is 7.61. The summed E-state index contributed by atoms with van der Waals surface area (Å²) < 4.78 is -51.3. The molecule has 0 aliphatic heterocycles. The molecule has 1 nitrogen and oxygen atoms in total. The molecule has 0 aromatic heterocycles. The summed E-state index contributed by atoms with van der Waals surface area (Å²) in [7, 11) is 0. The van der Waals surface area contributed by atoms with Crippen molar-refractivity contribution in [2.24, 2.45) is 0 Å². The Morgan fingerprint density at radius 3 is 0.383 bits per heavy atom. The summed E-state index contributed by atoms with van der Waals surface area (Å²) in [5.41, 5.74) is 0. The first kappa shape index (κ1) is 55.9. The lowest BCUT2D eigenvalue weighted by Crippen LogP contribution is -2.75. The number of hydrogen-bond donors (Lipinski definition) is 0. The van der Waals surface area contributed by atoms with Crippen molar-refractivity contribution in [3.05, 3.63) is 0 Å². The zero-order valence-corrected chi connectivity index (χ0v) is 43.1. The van der Waals surface area contributed by atoms with Crippen molar-refractivity contribution >= 4 is 360 Å². The highest BCUT2D eigenvalue weighted by molar-refractivity contribution is 6.85. The predicted octanol–water partition coefficient (Wildman–Crippen LogP) is 18.2. The van der Waals surface area contributed by atoms with Crippen LogP contribution in [0.2, 0.25) is 0 Å². The normalized spacial score (nSPS) is 17.4. The lowest BCUT2D eigenvalue weighted by atomic mass is 9.97. The topological polar surface area (TPSA) is 19.9 Å². The summed E-state index contributed by atoms with van der Waals surface area (Å²) in [4.78, 5) is 0. The summed E-state index contributed by atoms with van der Waals surface area (Å²) >= 11 is 192. The first-order valence-electron chi connectivity index (χ1n) is 9.56. The van der Waals surface area contributed by atoms with Gasteiger partial charge < -0.3 is 0 Å². The van der Waals surface area contributed by atoms with Crippen LogP contribution >= 0.6 is 360 Å². The Hall–Kier alpha value is 8.95. The largest absolute Gasteiger partial charge is 0.286 e. The molecule has 0 saturated heterocycles. The number of hydrogen-bond acceptors (Lipinski definition) is 0. The Labute approximate surface area is 422 Å². The molecule has 0 aliphatic carbocycles. The first-order chi connectivity index (χ1) is 19.5. The number of rotatable bonds is 13.